The zero-order valence-electron chi connectivity index (χ0n) is 10.8. The second-order valence-corrected chi connectivity index (χ2v) is 4.66. The van der Waals surface area contributed by atoms with Crippen molar-refractivity contribution in [1.29, 1.82) is 0 Å². The average Bonchev–Trinajstić information content (AvgIpc) is 2.77. The van der Waals surface area contributed by atoms with Gasteiger partial charge < -0.3 is 15.4 Å². The van der Waals surface area contributed by atoms with Gasteiger partial charge in [-0.3, -0.25) is 0 Å². The van der Waals surface area contributed by atoms with Crippen molar-refractivity contribution in [1.82, 2.24) is 9.55 Å². The normalized spacial score (nSPS) is 11.1. The molecule has 0 aliphatic heterocycles. The molecule has 0 amide bonds. The Balaban J connectivity index is 2.05. The molecule has 0 fully saturated rings. The van der Waals surface area contributed by atoms with Gasteiger partial charge in [-0.1, -0.05) is 18.2 Å². The average molecular weight is 271 g/mol. The molecule has 3 aromatic rings. The van der Waals surface area contributed by atoms with Gasteiger partial charge in [0, 0.05) is 0 Å². The summed E-state index contributed by atoms with van der Waals surface area (Å²) in [5.41, 5.74) is 9.32. The smallest absolute Gasteiger partial charge is 0.201 e. The predicted octanol–water partition coefficient (Wildman–Crippen LogP) is 2.30. The molecule has 0 bridgehead atoms. The molecular formula is C15H14FN3O. The second-order valence-electron chi connectivity index (χ2n) is 4.66. The Hall–Kier alpha value is -2.40. The molecule has 0 spiro atoms. The molecule has 102 valence electrons. The Morgan fingerprint density at radius 2 is 1.80 bits per heavy atom. The van der Waals surface area contributed by atoms with Crippen LogP contribution in [0.3, 0.4) is 0 Å². The maximum atomic E-state index is 12.9. The first-order valence-electron chi connectivity index (χ1n) is 6.27. The van der Waals surface area contributed by atoms with Gasteiger partial charge in [0.1, 0.15) is 5.82 Å². The van der Waals surface area contributed by atoms with Crippen molar-refractivity contribution in [2.75, 3.05) is 5.73 Å². The highest BCUT2D eigenvalue weighted by Gasteiger charge is 2.09. The van der Waals surface area contributed by atoms with Gasteiger partial charge in [0.15, 0.2) is 0 Å². The molecule has 4 nitrogen and oxygen atoms in total. The molecule has 3 N–H and O–H groups in total. The lowest BCUT2D eigenvalue weighted by molar-refractivity contribution is 0.282. The first kappa shape index (κ1) is 12.6. The van der Waals surface area contributed by atoms with Gasteiger partial charge >= 0.3 is 0 Å². The molecule has 0 aliphatic rings. The third-order valence-electron chi connectivity index (χ3n) is 3.28. The van der Waals surface area contributed by atoms with Gasteiger partial charge in [0.05, 0.1) is 24.2 Å². The van der Waals surface area contributed by atoms with E-state index < -0.39 is 0 Å². The van der Waals surface area contributed by atoms with E-state index in [1.165, 1.54) is 12.1 Å². The number of nitrogens with two attached hydrogens (primary N) is 1. The summed E-state index contributed by atoms with van der Waals surface area (Å²) >= 11 is 0. The summed E-state index contributed by atoms with van der Waals surface area (Å²) in [5.74, 6) is 0.138. The van der Waals surface area contributed by atoms with Crippen molar-refractivity contribution in [3.05, 3.63) is 59.4 Å². The molecule has 5 heteroatoms. The summed E-state index contributed by atoms with van der Waals surface area (Å²) < 4.78 is 14.8. The maximum Gasteiger partial charge on any atom is 0.201 e. The number of aliphatic hydroxyl groups is 1. The lowest BCUT2D eigenvalue weighted by Crippen LogP contribution is -2.04. The highest BCUT2D eigenvalue weighted by molar-refractivity contribution is 5.79. The number of hydrogen-bond acceptors (Lipinski definition) is 3. The minimum atomic E-state index is -0.264. The second kappa shape index (κ2) is 4.94. The van der Waals surface area contributed by atoms with Gasteiger partial charge in [-0.15, -0.1) is 0 Å². The lowest BCUT2D eigenvalue weighted by Gasteiger charge is -2.07. The summed E-state index contributed by atoms with van der Waals surface area (Å²) in [4.78, 5) is 4.29. The van der Waals surface area contributed by atoms with E-state index in [0.29, 0.717) is 12.5 Å². The zero-order valence-corrected chi connectivity index (χ0v) is 10.8. The molecular weight excluding hydrogens is 257 g/mol. The Morgan fingerprint density at radius 1 is 1.10 bits per heavy atom. The highest BCUT2D eigenvalue weighted by Crippen LogP contribution is 2.21. The van der Waals surface area contributed by atoms with Crippen LogP contribution < -0.4 is 5.73 Å². The van der Waals surface area contributed by atoms with Crippen molar-refractivity contribution < 1.29 is 9.50 Å². The van der Waals surface area contributed by atoms with E-state index in [4.69, 9.17) is 5.73 Å². The van der Waals surface area contributed by atoms with E-state index in [9.17, 15) is 9.50 Å². The molecule has 0 saturated carbocycles. The summed E-state index contributed by atoms with van der Waals surface area (Å²) in [5, 5.41) is 9.21. The van der Waals surface area contributed by atoms with Crippen LogP contribution in [0.15, 0.2) is 42.5 Å². The van der Waals surface area contributed by atoms with Crippen molar-refractivity contribution in [3.63, 3.8) is 0 Å². The lowest BCUT2D eigenvalue weighted by atomic mass is 10.2. The Kier molecular flexibility index (Phi) is 3.12. The number of nitrogen functional groups attached to an aromatic ring is 1. The number of hydrogen-bond donors (Lipinski definition) is 2. The van der Waals surface area contributed by atoms with Crippen LogP contribution in [0.5, 0.6) is 0 Å². The molecule has 1 aromatic heterocycles. The molecule has 0 aliphatic carbocycles. The molecule has 2 aromatic carbocycles. The van der Waals surface area contributed by atoms with Gasteiger partial charge in [-0.25, -0.2) is 9.37 Å². The van der Waals surface area contributed by atoms with Crippen LogP contribution in [0.4, 0.5) is 10.3 Å². The number of nitrogens with zero attached hydrogens (tertiary/aromatic N) is 2. The Labute approximate surface area is 115 Å². The zero-order chi connectivity index (χ0) is 14.1. The number of aliphatic hydroxyl groups excluding tert-OH is 1. The number of benzene rings is 2. The van der Waals surface area contributed by atoms with Crippen LogP contribution in [0.1, 0.15) is 11.1 Å². The van der Waals surface area contributed by atoms with Crippen molar-refractivity contribution >= 4 is 17.0 Å². The van der Waals surface area contributed by atoms with Crippen molar-refractivity contribution in [2.24, 2.45) is 0 Å². The topological polar surface area (TPSA) is 64.1 Å². The SMILES string of the molecule is Nc1nc2ccc(CO)cc2n1Cc1ccc(F)cc1. The number of imidazole rings is 1. The van der Waals surface area contributed by atoms with Crippen molar-refractivity contribution in [3.8, 4) is 0 Å². The maximum absolute atomic E-state index is 12.9. The predicted molar refractivity (Wildman–Crippen MR) is 75.6 cm³/mol. The molecule has 0 saturated heterocycles. The van der Waals surface area contributed by atoms with Gasteiger partial charge in [0.2, 0.25) is 5.95 Å². The first-order valence-corrected chi connectivity index (χ1v) is 6.27. The first-order chi connectivity index (χ1) is 9.67. The number of anilines is 1. The molecule has 3 rings (SSSR count). The van der Waals surface area contributed by atoms with E-state index in [1.807, 2.05) is 22.8 Å². The summed E-state index contributed by atoms with van der Waals surface area (Å²) in [6.45, 7) is 0.481. The van der Waals surface area contributed by atoms with E-state index in [-0.39, 0.29) is 12.4 Å². The van der Waals surface area contributed by atoms with E-state index >= 15 is 0 Å². The van der Waals surface area contributed by atoms with Crippen LogP contribution in [0.2, 0.25) is 0 Å². The number of fused-ring (bicyclic) bond motifs is 1. The molecule has 0 unspecified atom stereocenters. The van der Waals surface area contributed by atoms with Crippen LogP contribution >= 0.6 is 0 Å². The van der Waals surface area contributed by atoms with Crippen LogP contribution in [0.25, 0.3) is 11.0 Å². The minimum absolute atomic E-state index is 0.0302. The monoisotopic (exact) mass is 271 g/mol. The van der Waals surface area contributed by atoms with Crippen molar-refractivity contribution in [2.45, 2.75) is 13.2 Å². The summed E-state index contributed by atoms with van der Waals surface area (Å²) in [6, 6.07) is 11.8. The highest BCUT2D eigenvalue weighted by atomic mass is 19.1. The number of aromatic nitrogens is 2. The summed E-state index contributed by atoms with van der Waals surface area (Å²) in [6.07, 6.45) is 0. The Bertz CT molecular complexity index is 750. The van der Waals surface area contributed by atoms with Gasteiger partial charge in [-0.05, 0) is 35.4 Å². The third-order valence-corrected chi connectivity index (χ3v) is 3.28. The standard InChI is InChI=1S/C15H14FN3O/c16-12-4-1-10(2-5-12)8-19-14-7-11(9-20)3-6-13(14)18-15(19)17/h1-7,20H,8-9H2,(H2,17,18). The fourth-order valence-corrected chi connectivity index (χ4v) is 2.22. The van der Waals surface area contributed by atoms with Gasteiger partial charge in [0.25, 0.3) is 0 Å². The molecule has 0 atom stereocenters. The molecule has 0 radical (unpaired) electrons. The fraction of sp³-hybridized carbons (Fsp3) is 0.133. The van der Waals surface area contributed by atoms with Gasteiger partial charge in [-0.2, -0.15) is 0 Å². The van der Waals surface area contributed by atoms with E-state index in [0.717, 1.165) is 22.2 Å². The third kappa shape index (κ3) is 2.23. The largest absolute Gasteiger partial charge is 0.392 e. The summed E-state index contributed by atoms with van der Waals surface area (Å²) in [7, 11) is 0. The fourth-order valence-electron chi connectivity index (χ4n) is 2.22. The molecule has 1 heterocycles. The Morgan fingerprint density at radius 3 is 2.50 bits per heavy atom. The quantitative estimate of drug-likeness (QED) is 0.768. The van der Waals surface area contributed by atoms with E-state index in [1.54, 1.807) is 12.1 Å². The van der Waals surface area contributed by atoms with Crippen LogP contribution in [-0.2, 0) is 13.2 Å². The van der Waals surface area contributed by atoms with E-state index in [2.05, 4.69) is 4.98 Å². The number of halogens is 1. The number of rotatable bonds is 3. The van der Waals surface area contributed by atoms with Crippen LogP contribution in [0, 0.1) is 5.82 Å². The van der Waals surface area contributed by atoms with Crippen LogP contribution in [-0.4, -0.2) is 14.7 Å². The molecule has 20 heavy (non-hydrogen) atoms. The minimum Gasteiger partial charge on any atom is -0.392 e.